The first-order chi connectivity index (χ1) is 14.5. The van der Waals surface area contributed by atoms with Gasteiger partial charge in [0.2, 0.25) is 0 Å². The van der Waals surface area contributed by atoms with Gasteiger partial charge in [0.05, 0.1) is 5.70 Å². The number of aliphatic hydroxyl groups is 1. The molecule has 0 aliphatic carbocycles. The number of hydrogen-bond donors (Lipinski definition) is 3. The summed E-state index contributed by atoms with van der Waals surface area (Å²) in [6, 6.07) is 24.6. The maximum absolute atomic E-state index is 13.5. The Morgan fingerprint density at radius 2 is 1.33 bits per heavy atom. The van der Waals surface area contributed by atoms with Crippen molar-refractivity contribution in [2.45, 2.75) is 32.8 Å². The quantitative estimate of drug-likeness (QED) is 0.508. The van der Waals surface area contributed by atoms with Crippen molar-refractivity contribution in [3.8, 4) is 0 Å². The zero-order valence-corrected chi connectivity index (χ0v) is 17.6. The molecule has 0 atom stereocenters. The molecule has 4 nitrogen and oxygen atoms in total. The maximum Gasteiger partial charge on any atom is 0.279 e. The van der Waals surface area contributed by atoms with Gasteiger partial charge in [0, 0.05) is 11.1 Å². The van der Waals surface area contributed by atoms with Crippen molar-refractivity contribution in [3.05, 3.63) is 113 Å². The van der Waals surface area contributed by atoms with Crippen molar-refractivity contribution in [1.82, 2.24) is 10.9 Å². The molecule has 0 radical (unpaired) electrons. The third-order valence-electron chi connectivity index (χ3n) is 5.20. The third-order valence-corrected chi connectivity index (χ3v) is 5.20. The SMILES string of the molecule is CC/C=C(\NNC(=O)C(O)(c1ccccc1C)c1ccccc1C)c1ccccc1. The van der Waals surface area contributed by atoms with Crippen LogP contribution in [-0.2, 0) is 10.4 Å². The molecule has 0 aromatic heterocycles. The summed E-state index contributed by atoms with van der Waals surface area (Å²) in [6.07, 6.45) is 2.79. The smallest absolute Gasteiger partial charge is 0.279 e. The fraction of sp³-hybridized carbons (Fsp3) is 0.192. The van der Waals surface area contributed by atoms with Crippen LogP contribution < -0.4 is 10.9 Å². The number of nitrogens with one attached hydrogen (secondary N) is 2. The molecular formula is C26H28N2O2. The summed E-state index contributed by atoms with van der Waals surface area (Å²) in [4.78, 5) is 13.5. The van der Waals surface area contributed by atoms with E-state index in [1.165, 1.54) is 0 Å². The van der Waals surface area contributed by atoms with Crippen LogP contribution in [0.2, 0.25) is 0 Å². The number of hydrazine groups is 1. The standard InChI is InChI=1S/C26H28N2O2/c1-4-12-24(21-15-6-5-7-16-21)27-28-25(29)26(30,22-17-10-8-13-19(22)2)23-18-11-9-14-20(23)3/h5-18,27,30H,4H2,1-3H3,(H,28,29)/b24-12-. The van der Waals surface area contributed by atoms with E-state index in [4.69, 9.17) is 0 Å². The molecule has 4 heteroatoms. The maximum atomic E-state index is 13.5. The van der Waals surface area contributed by atoms with Crippen LogP contribution in [0.15, 0.2) is 84.9 Å². The molecule has 0 fully saturated rings. The summed E-state index contributed by atoms with van der Waals surface area (Å²) in [7, 11) is 0. The predicted octanol–water partition coefficient (Wildman–Crippen LogP) is 4.61. The largest absolute Gasteiger partial charge is 0.372 e. The molecular weight excluding hydrogens is 372 g/mol. The summed E-state index contributed by atoms with van der Waals surface area (Å²) in [6.45, 7) is 5.82. The van der Waals surface area contributed by atoms with Crippen LogP contribution in [-0.4, -0.2) is 11.0 Å². The highest BCUT2D eigenvalue weighted by Crippen LogP contribution is 2.34. The highest BCUT2D eigenvalue weighted by molar-refractivity contribution is 5.91. The highest BCUT2D eigenvalue weighted by Gasteiger charge is 2.42. The van der Waals surface area contributed by atoms with Crippen molar-refractivity contribution in [3.63, 3.8) is 0 Å². The van der Waals surface area contributed by atoms with Gasteiger partial charge in [0.25, 0.3) is 5.91 Å². The first-order valence-electron chi connectivity index (χ1n) is 10.1. The Kier molecular flexibility index (Phi) is 6.70. The second kappa shape index (κ2) is 9.42. The Morgan fingerprint density at radius 3 is 1.83 bits per heavy atom. The Balaban J connectivity index is 1.99. The molecule has 0 spiro atoms. The van der Waals surface area contributed by atoms with Gasteiger partial charge in [0.1, 0.15) is 0 Å². The van der Waals surface area contributed by atoms with Gasteiger partial charge in [-0.2, -0.15) is 0 Å². The van der Waals surface area contributed by atoms with Crippen LogP contribution in [0.25, 0.3) is 5.70 Å². The average Bonchev–Trinajstić information content (AvgIpc) is 2.77. The van der Waals surface area contributed by atoms with Crippen LogP contribution in [0.4, 0.5) is 0 Å². The van der Waals surface area contributed by atoms with E-state index in [0.717, 1.165) is 28.8 Å². The molecule has 3 aromatic carbocycles. The summed E-state index contributed by atoms with van der Waals surface area (Å²) >= 11 is 0. The van der Waals surface area contributed by atoms with Crippen LogP contribution >= 0.6 is 0 Å². The van der Waals surface area contributed by atoms with Crippen LogP contribution in [0.3, 0.4) is 0 Å². The number of benzene rings is 3. The molecule has 0 saturated heterocycles. The Bertz CT molecular complexity index is 996. The number of carbonyl (C=O) groups is 1. The van der Waals surface area contributed by atoms with E-state index < -0.39 is 11.5 Å². The third kappa shape index (κ3) is 4.29. The van der Waals surface area contributed by atoms with Gasteiger partial charge in [-0.05, 0) is 37.0 Å². The lowest BCUT2D eigenvalue weighted by molar-refractivity contribution is -0.137. The topological polar surface area (TPSA) is 61.4 Å². The number of rotatable bonds is 7. The van der Waals surface area contributed by atoms with Crippen molar-refractivity contribution in [1.29, 1.82) is 0 Å². The zero-order valence-electron chi connectivity index (χ0n) is 17.6. The molecule has 0 saturated carbocycles. The summed E-state index contributed by atoms with van der Waals surface area (Å²) < 4.78 is 0. The van der Waals surface area contributed by atoms with Crippen molar-refractivity contribution < 1.29 is 9.90 Å². The highest BCUT2D eigenvalue weighted by atomic mass is 16.3. The molecule has 1 amide bonds. The van der Waals surface area contributed by atoms with Gasteiger partial charge in [-0.3, -0.25) is 15.6 Å². The Morgan fingerprint density at radius 1 is 0.833 bits per heavy atom. The van der Waals surface area contributed by atoms with Crippen molar-refractivity contribution >= 4 is 11.6 Å². The first kappa shape index (κ1) is 21.3. The lowest BCUT2D eigenvalue weighted by Crippen LogP contribution is -2.50. The van der Waals surface area contributed by atoms with E-state index >= 15 is 0 Å². The number of carbonyl (C=O) groups excluding carboxylic acids is 1. The molecule has 3 aromatic rings. The molecule has 154 valence electrons. The molecule has 3 N–H and O–H groups in total. The minimum Gasteiger partial charge on any atom is -0.372 e. The van der Waals surface area contributed by atoms with E-state index in [2.05, 4.69) is 10.9 Å². The van der Waals surface area contributed by atoms with Crippen LogP contribution in [0.5, 0.6) is 0 Å². The average molecular weight is 401 g/mol. The van der Waals surface area contributed by atoms with E-state index in [9.17, 15) is 9.90 Å². The van der Waals surface area contributed by atoms with Gasteiger partial charge >= 0.3 is 0 Å². The fourth-order valence-electron chi connectivity index (χ4n) is 3.62. The molecule has 0 aliphatic rings. The monoisotopic (exact) mass is 400 g/mol. The second-order valence-electron chi connectivity index (χ2n) is 7.31. The summed E-state index contributed by atoms with van der Waals surface area (Å²) in [5.41, 5.74) is 8.46. The van der Waals surface area contributed by atoms with E-state index in [-0.39, 0.29) is 0 Å². The van der Waals surface area contributed by atoms with Gasteiger partial charge in [0.15, 0.2) is 5.60 Å². The van der Waals surface area contributed by atoms with Crippen LogP contribution in [0.1, 0.15) is 41.2 Å². The lowest BCUT2D eigenvalue weighted by atomic mass is 9.81. The first-order valence-corrected chi connectivity index (χ1v) is 10.1. The fourth-order valence-corrected chi connectivity index (χ4v) is 3.62. The zero-order chi connectivity index (χ0) is 21.6. The van der Waals surface area contributed by atoms with Crippen LogP contribution in [0, 0.1) is 13.8 Å². The minimum atomic E-state index is -1.84. The van der Waals surface area contributed by atoms with Gasteiger partial charge < -0.3 is 5.11 Å². The number of allylic oxidation sites excluding steroid dienone is 1. The summed E-state index contributed by atoms with van der Waals surface area (Å²) in [5.74, 6) is -0.538. The number of hydrogen-bond acceptors (Lipinski definition) is 3. The number of aryl methyl sites for hydroxylation is 2. The van der Waals surface area contributed by atoms with E-state index in [0.29, 0.717) is 11.1 Å². The summed E-state index contributed by atoms with van der Waals surface area (Å²) in [5, 5.41) is 11.8. The molecule has 0 heterocycles. The van der Waals surface area contributed by atoms with Gasteiger partial charge in [-0.15, -0.1) is 0 Å². The van der Waals surface area contributed by atoms with E-state index in [1.807, 2.05) is 93.6 Å². The Hall–Kier alpha value is -3.37. The van der Waals surface area contributed by atoms with E-state index in [1.54, 1.807) is 12.1 Å². The predicted molar refractivity (Wildman–Crippen MR) is 121 cm³/mol. The van der Waals surface area contributed by atoms with Crippen molar-refractivity contribution in [2.24, 2.45) is 0 Å². The second-order valence-corrected chi connectivity index (χ2v) is 7.31. The molecule has 30 heavy (non-hydrogen) atoms. The lowest BCUT2D eigenvalue weighted by Gasteiger charge is -2.31. The molecule has 0 unspecified atom stereocenters. The Labute approximate surface area is 178 Å². The molecule has 0 bridgehead atoms. The molecule has 0 aliphatic heterocycles. The normalized spacial score (nSPS) is 11.8. The molecule has 3 rings (SSSR count). The minimum absolute atomic E-state index is 0.538. The van der Waals surface area contributed by atoms with Gasteiger partial charge in [-0.25, -0.2) is 0 Å². The van der Waals surface area contributed by atoms with Crippen molar-refractivity contribution in [2.75, 3.05) is 0 Å². The van der Waals surface area contributed by atoms with Gasteiger partial charge in [-0.1, -0.05) is 91.9 Å². The number of amides is 1.